The van der Waals surface area contributed by atoms with Crippen LogP contribution in [0.25, 0.3) is 0 Å². The first-order valence-corrected chi connectivity index (χ1v) is 3.65. The first-order valence-electron chi connectivity index (χ1n) is 3.14. The molecule has 0 aliphatic carbocycles. The fourth-order valence-corrected chi connectivity index (χ4v) is 1.12. The molecule has 4 heteroatoms. The molecule has 1 fully saturated rings. The number of hydrogen-bond acceptors (Lipinski definition) is 3. The summed E-state index contributed by atoms with van der Waals surface area (Å²) in [5, 5.41) is -0.497. The van der Waals surface area contributed by atoms with Gasteiger partial charge >= 0.3 is 0 Å². The number of thiol groups is 1. The second-order valence-corrected chi connectivity index (χ2v) is 2.77. The van der Waals surface area contributed by atoms with Crippen LogP contribution in [-0.4, -0.2) is 22.0 Å². The fraction of sp³-hybridized carbons (Fsp3) is 0.429. The van der Waals surface area contributed by atoms with Gasteiger partial charge < -0.3 is 0 Å². The molecule has 0 N–H and O–H groups in total. The quantitative estimate of drug-likeness (QED) is 0.315. The summed E-state index contributed by atoms with van der Waals surface area (Å²) in [6.45, 7) is 1.58. The van der Waals surface area contributed by atoms with Crippen molar-refractivity contribution >= 4 is 24.4 Å². The van der Waals surface area contributed by atoms with E-state index in [9.17, 15) is 9.59 Å². The lowest BCUT2D eigenvalue weighted by atomic mass is 10.4. The number of imide groups is 1. The maximum Gasteiger partial charge on any atom is 0.254 e. The van der Waals surface area contributed by atoms with Crippen molar-refractivity contribution in [3.63, 3.8) is 0 Å². The molecule has 0 aromatic carbocycles. The van der Waals surface area contributed by atoms with E-state index in [-0.39, 0.29) is 18.2 Å². The van der Waals surface area contributed by atoms with E-state index >= 15 is 0 Å². The number of nitrogens with zero attached hydrogens (tertiary/aromatic N) is 1. The highest BCUT2D eigenvalue weighted by Gasteiger charge is 2.35. The van der Waals surface area contributed by atoms with Gasteiger partial charge in [0.05, 0.1) is 5.25 Å². The van der Waals surface area contributed by atoms with E-state index in [2.05, 4.69) is 24.6 Å². The van der Waals surface area contributed by atoms with Crippen LogP contribution in [0.5, 0.6) is 0 Å². The summed E-state index contributed by atoms with van der Waals surface area (Å²) < 4.78 is 0. The van der Waals surface area contributed by atoms with Crippen molar-refractivity contribution in [2.75, 3.05) is 0 Å². The zero-order chi connectivity index (χ0) is 8.43. The van der Waals surface area contributed by atoms with E-state index in [0.717, 1.165) is 4.90 Å². The van der Waals surface area contributed by atoms with Gasteiger partial charge in [-0.3, -0.25) is 9.59 Å². The molecule has 1 atom stereocenters. The second kappa shape index (κ2) is 2.97. The molecule has 0 saturated carbocycles. The Bertz CT molecular complexity index is 263. The van der Waals surface area contributed by atoms with Crippen LogP contribution in [0.1, 0.15) is 13.3 Å². The Hall–Kier alpha value is -0.950. The summed E-state index contributed by atoms with van der Waals surface area (Å²) >= 11 is 3.92. The lowest BCUT2D eigenvalue weighted by molar-refractivity contribution is -0.134. The Balaban J connectivity index is 2.85. The van der Waals surface area contributed by atoms with Gasteiger partial charge in [0.25, 0.3) is 5.91 Å². The summed E-state index contributed by atoms with van der Waals surface area (Å²) in [5.41, 5.74) is 0. The van der Waals surface area contributed by atoms with Gasteiger partial charge in [-0.2, -0.15) is 12.6 Å². The number of likely N-dealkylation sites (tertiary alicyclic amines) is 1. The van der Waals surface area contributed by atoms with Crippen LogP contribution in [0.15, 0.2) is 0 Å². The van der Waals surface area contributed by atoms with E-state index in [0.29, 0.717) is 0 Å². The number of carbonyl (C=O) groups excluding carboxylic acids is 2. The summed E-state index contributed by atoms with van der Waals surface area (Å²) in [5.74, 6) is 1.92. The molecule has 0 aromatic rings. The second-order valence-electron chi connectivity index (χ2n) is 2.15. The fourth-order valence-electron chi connectivity index (χ4n) is 0.845. The van der Waals surface area contributed by atoms with Crippen LogP contribution in [0.2, 0.25) is 0 Å². The third kappa shape index (κ3) is 1.38. The highest BCUT2D eigenvalue weighted by molar-refractivity contribution is 7.81. The van der Waals surface area contributed by atoms with Crippen LogP contribution < -0.4 is 0 Å². The van der Waals surface area contributed by atoms with E-state index < -0.39 is 5.25 Å². The molecule has 1 unspecified atom stereocenters. The highest BCUT2D eigenvalue weighted by atomic mass is 32.1. The van der Waals surface area contributed by atoms with Crippen LogP contribution in [0.4, 0.5) is 0 Å². The summed E-state index contributed by atoms with van der Waals surface area (Å²) in [6, 6.07) is 2.41. The normalized spacial score (nSPS) is 23.5. The molecule has 1 rings (SSSR count). The summed E-state index contributed by atoms with van der Waals surface area (Å²) in [6.07, 6.45) is 0.163. The van der Waals surface area contributed by atoms with Gasteiger partial charge in [-0.15, -0.1) is 0 Å². The van der Waals surface area contributed by atoms with Gasteiger partial charge in [-0.25, -0.2) is 4.90 Å². The number of carbonyl (C=O) groups is 2. The molecule has 3 nitrogen and oxygen atoms in total. The third-order valence-electron chi connectivity index (χ3n) is 1.35. The number of amides is 2. The van der Waals surface area contributed by atoms with Crippen LogP contribution >= 0.6 is 12.6 Å². The molecular weight excluding hydrogens is 162 g/mol. The van der Waals surface area contributed by atoms with Gasteiger partial charge in [-0.05, 0) is 6.92 Å². The van der Waals surface area contributed by atoms with Crippen molar-refractivity contribution in [3.05, 3.63) is 0 Å². The molecular formula is C7H7NO2S. The Labute approximate surface area is 70.2 Å². The molecule has 1 heterocycles. The van der Waals surface area contributed by atoms with Crippen molar-refractivity contribution in [2.24, 2.45) is 0 Å². The van der Waals surface area contributed by atoms with E-state index in [4.69, 9.17) is 0 Å². The average Bonchev–Trinajstić information content (AvgIpc) is 2.17. The van der Waals surface area contributed by atoms with E-state index in [1.807, 2.05) is 0 Å². The van der Waals surface area contributed by atoms with Crippen molar-refractivity contribution in [1.29, 1.82) is 0 Å². The first kappa shape index (κ1) is 8.15. The van der Waals surface area contributed by atoms with E-state index in [1.165, 1.54) is 0 Å². The maximum atomic E-state index is 11.0. The van der Waals surface area contributed by atoms with Crippen molar-refractivity contribution < 1.29 is 9.59 Å². The minimum Gasteiger partial charge on any atom is -0.273 e. The van der Waals surface area contributed by atoms with Crippen LogP contribution in [0.3, 0.4) is 0 Å². The van der Waals surface area contributed by atoms with Gasteiger partial charge in [0, 0.05) is 12.5 Å². The molecule has 0 spiro atoms. The smallest absolute Gasteiger partial charge is 0.254 e. The standard InChI is InChI=1S/C7H7NO2S/c1-2-3-8-6(9)4-5(11)7(8)10/h5,11H,4H2,1H3. The van der Waals surface area contributed by atoms with Gasteiger partial charge in [0.1, 0.15) is 0 Å². The summed E-state index contributed by atoms with van der Waals surface area (Å²) in [4.78, 5) is 22.9. The topological polar surface area (TPSA) is 37.4 Å². The number of hydrogen-bond donors (Lipinski definition) is 1. The first-order chi connectivity index (χ1) is 5.16. The van der Waals surface area contributed by atoms with Crippen molar-refractivity contribution in [2.45, 2.75) is 18.6 Å². The molecule has 2 amide bonds. The Morgan fingerprint density at radius 1 is 1.64 bits per heavy atom. The van der Waals surface area contributed by atoms with Crippen molar-refractivity contribution in [1.82, 2.24) is 4.90 Å². The minimum absolute atomic E-state index is 0.163. The summed E-state index contributed by atoms with van der Waals surface area (Å²) in [7, 11) is 0. The average molecular weight is 169 g/mol. The SMILES string of the molecule is CC#CN1C(=O)CC(S)C1=O. The lowest BCUT2D eigenvalue weighted by Crippen LogP contribution is -2.25. The molecule has 0 bridgehead atoms. The molecule has 11 heavy (non-hydrogen) atoms. The lowest BCUT2D eigenvalue weighted by Gasteiger charge is -2.01. The number of rotatable bonds is 0. The van der Waals surface area contributed by atoms with E-state index in [1.54, 1.807) is 6.92 Å². The largest absolute Gasteiger partial charge is 0.273 e. The molecule has 0 radical (unpaired) electrons. The molecule has 1 aliphatic heterocycles. The van der Waals surface area contributed by atoms with Crippen LogP contribution in [0, 0.1) is 12.0 Å². The molecule has 0 aromatic heterocycles. The van der Waals surface area contributed by atoms with Crippen LogP contribution in [-0.2, 0) is 9.59 Å². The molecule has 1 saturated heterocycles. The van der Waals surface area contributed by atoms with Crippen molar-refractivity contribution in [3.8, 4) is 12.0 Å². The molecule has 1 aliphatic rings. The molecule has 58 valence electrons. The predicted molar refractivity (Wildman–Crippen MR) is 42.7 cm³/mol. The van der Waals surface area contributed by atoms with Gasteiger partial charge in [-0.1, -0.05) is 5.92 Å². The zero-order valence-corrected chi connectivity index (χ0v) is 6.89. The highest BCUT2D eigenvalue weighted by Crippen LogP contribution is 2.16. The predicted octanol–water partition coefficient (Wildman–Crippen LogP) is 0.0245. The Morgan fingerprint density at radius 2 is 2.27 bits per heavy atom. The minimum atomic E-state index is -0.497. The maximum absolute atomic E-state index is 11.0. The third-order valence-corrected chi connectivity index (χ3v) is 1.75. The van der Waals surface area contributed by atoms with Gasteiger partial charge in [0.15, 0.2) is 0 Å². The monoisotopic (exact) mass is 169 g/mol. The van der Waals surface area contributed by atoms with Gasteiger partial charge in [0.2, 0.25) is 5.91 Å². The zero-order valence-electron chi connectivity index (χ0n) is 6.00. The Morgan fingerprint density at radius 3 is 2.64 bits per heavy atom. The Kier molecular flexibility index (Phi) is 2.20.